The van der Waals surface area contributed by atoms with Crippen LogP contribution >= 0.6 is 24.0 Å². The number of thiocarbonyl (C=S) groups is 1. The van der Waals surface area contributed by atoms with Gasteiger partial charge in [0.05, 0.1) is 23.0 Å². The molecule has 3 aliphatic rings. The Morgan fingerprint density at radius 2 is 1.94 bits per heavy atom. The highest BCUT2D eigenvalue weighted by Crippen LogP contribution is 2.38. The van der Waals surface area contributed by atoms with Gasteiger partial charge in [0.25, 0.3) is 11.5 Å². The zero-order valence-corrected chi connectivity index (χ0v) is 21.3. The number of nitrogens with zero attached hydrogens (tertiary/aromatic N) is 4. The fourth-order valence-corrected chi connectivity index (χ4v) is 6.52. The quantitative estimate of drug-likeness (QED) is 0.341. The zero-order valence-electron chi connectivity index (χ0n) is 19.6. The van der Waals surface area contributed by atoms with Crippen molar-refractivity contribution in [3.05, 3.63) is 45.2 Å². The van der Waals surface area contributed by atoms with E-state index in [1.807, 2.05) is 11.0 Å². The van der Waals surface area contributed by atoms with Crippen LogP contribution in [-0.2, 0) is 14.3 Å². The maximum Gasteiger partial charge on any atom is 0.309 e. The van der Waals surface area contributed by atoms with Crippen LogP contribution in [0.1, 0.15) is 51.0 Å². The van der Waals surface area contributed by atoms with Crippen LogP contribution in [0.5, 0.6) is 0 Å². The number of aromatic nitrogens is 2. The second-order valence-corrected chi connectivity index (χ2v) is 10.8. The molecule has 10 heteroatoms. The molecule has 2 aliphatic heterocycles. The maximum atomic E-state index is 13.6. The Morgan fingerprint density at radius 1 is 1.20 bits per heavy atom. The highest BCUT2D eigenvalue weighted by atomic mass is 32.2. The molecule has 0 radical (unpaired) electrons. The number of hydrogen-bond donors (Lipinski definition) is 0. The number of fused-ring (bicyclic) bond motifs is 1. The fraction of sp³-hybridized carbons (Fsp3) is 0.480. The summed E-state index contributed by atoms with van der Waals surface area (Å²) in [7, 11) is 0. The first-order chi connectivity index (χ1) is 17.0. The highest BCUT2D eigenvalue weighted by Gasteiger charge is 2.38. The van der Waals surface area contributed by atoms with Crippen molar-refractivity contribution in [3.8, 4) is 0 Å². The van der Waals surface area contributed by atoms with Gasteiger partial charge < -0.3 is 9.64 Å². The number of ether oxygens (including phenoxy) is 1. The van der Waals surface area contributed by atoms with Gasteiger partial charge >= 0.3 is 5.97 Å². The molecule has 0 aromatic carbocycles. The Kier molecular flexibility index (Phi) is 6.93. The molecule has 2 aromatic heterocycles. The van der Waals surface area contributed by atoms with Crippen LogP contribution in [-0.4, -0.2) is 56.2 Å². The minimum Gasteiger partial charge on any atom is -0.466 e. The minimum absolute atomic E-state index is 0.128. The molecule has 3 fully saturated rings. The van der Waals surface area contributed by atoms with Crippen molar-refractivity contribution in [3.63, 3.8) is 0 Å². The number of piperidine rings is 1. The van der Waals surface area contributed by atoms with Gasteiger partial charge in [-0.2, -0.15) is 0 Å². The lowest BCUT2D eigenvalue weighted by Crippen LogP contribution is -2.39. The van der Waals surface area contributed by atoms with Gasteiger partial charge in [0.2, 0.25) is 0 Å². The molecule has 0 atom stereocenters. The van der Waals surface area contributed by atoms with Crippen molar-refractivity contribution in [2.24, 2.45) is 5.92 Å². The largest absolute Gasteiger partial charge is 0.466 e. The van der Waals surface area contributed by atoms with Crippen LogP contribution in [0.4, 0.5) is 5.82 Å². The van der Waals surface area contributed by atoms with E-state index in [9.17, 15) is 14.4 Å². The molecule has 1 saturated carbocycles. The van der Waals surface area contributed by atoms with E-state index < -0.39 is 0 Å². The number of hydrogen-bond acceptors (Lipinski definition) is 8. The summed E-state index contributed by atoms with van der Waals surface area (Å²) in [6.45, 7) is 3.32. The molecule has 2 aromatic rings. The van der Waals surface area contributed by atoms with Crippen LogP contribution in [0.2, 0.25) is 0 Å². The van der Waals surface area contributed by atoms with Gasteiger partial charge in [-0.1, -0.05) is 42.9 Å². The third-order valence-electron chi connectivity index (χ3n) is 6.95. The molecular formula is C25H28N4O4S2. The van der Waals surface area contributed by atoms with Gasteiger partial charge in [0, 0.05) is 25.3 Å². The van der Waals surface area contributed by atoms with Gasteiger partial charge in [-0.25, -0.2) is 4.98 Å². The molecule has 4 heterocycles. The van der Waals surface area contributed by atoms with Gasteiger partial charge in [-0.3, -0.25) is 23.7 Å². The number of rotatable bonds is 5. The molecule has 2 saturated heterocycles. The third-order valence-corrected chi connectivity index (χ3v) is 8.28. The molecule has 0 spiro atoms. The number of anilines is 1. The molecule has 5 rings (SSSR count). The monoisotopic (exact) mass is 512 g/mol. The smallest absolute Gasteiger partial charge is 0.309 e. The number of amides is 1. The second kappa shape index (κ2) is 10.1. The lowest BCUT2D eigenvalue weighted by Gasteiger charge is -2.32. The number of thioether (sulfide) groups is 1. The lowest BCUT2D eigenvalue weighted by molar-refractivity contribution is -0.148. The summed E-state index contributed by atoms with van der Waals surface area (Å²) in [5, 5.41) is 0. The van der Waals surface area contributed by atoms with Crippen molar-refractivity contribution in [1.82, 2.24) is 14.3 Å². The average molecular weight is 513 g/mol. The molecule has 0 N–H and O–H groups in total. The van der Waals surface area contributed by atoms with Gasteiger partial charge in [-0.05, 0) is 50.8 Å². The average Bonchev–Trinajstić information content (AvgIpc) is 3.48. The molecule has 1 aliphatic carbocycles. The predicted octanol–water partition coefficient (Wildman–Crippen LogP) is 3.62. The van der Waals surface area contributed by atoms with Gasteiger partial charge in [-0.15, -0.1) is 0 Å². The first kappa shape index (κ1) is 24.0. The summed E-state index contributed by atoms with van der Waals surface area (Å²) in [6, 6.07) is 5.56. The topological polar surface area (TPSA) is 84.2 Å². The van der Waals surface area contributed by atoms with E-state index in [0.717, 1.165) is 25.7 Å². The standard InChI is InChI=1S/C25H28N4O4S2/c1-2-33-24(32)16-10-13-27(14-11-16)21-18(22(30)28-12-6-5-9-20(28)26-21)15-19-23(31)29(25(34)35-19)17-7-3-4-8-17/h5-6,9,12,15-17H,2-4,7-8,10-11,13-14H2,1H3. The Hall–Kier alpha value is -2.72. The Morgan fingerprint density at radius 3 is 2.66 bits per heavy atom. The van der Waals surface area contributed by atoms with Crippen molar-refractivity contribution < 1.29 is 14.3 Å². The number of pyridine rings is 1. The van der Waals surface area contributed by atoms with Gasteiger partial charge in [0.15, 0.2) is 0 Å². The van der Waals surface area contributed by atoms with Crippen molar-refractivity contribution in [1.29, 1.82) is 0 Å². The molecule has 0 bridgehead atoms. The summed E-state index contributed by atoms with van der Waals surface area (Å²) in [4.78, 5) is 48.1. The second-order valence-electron chi connectivity index (χ2n) is 9.09. The molecular weight excluding hydrogens is 484 g/mol. The van der Waals surface area contributed by atoms with Crippen LogP contribution in [0.25, 0.3) is 11.7 Å². The predicted molar refractivity (Wildman–Crippen MR) is 140 cm³/mol. The van der Waals surface area contributed by atoms with Crippen molar-refractivity contribution in [2.45, 2.75) is 51.5 Å². The van der Waals surface area contributed by atoms with Crippen molar-refractivity contribution >= 4 is 57.7 Å². The number of esters is 1. The fourth-order valence-electron chi connectivity index (χ4n) is 5.13. The van der Waals surface area contributed by atoms with E-state index in [4.69, 9.17) is 21.9 Å². The zero-order chi connectivity index (χ0) is 24.5. The summed E-state index contributed by atoms with van der Waals surface area (Å²) < 4.78 is 7.25. The van der Waals surface area contributed by atoms with Gasteiger partial charge in [0.1, 0.15) is 15.8 Å². The maximum absolute atomic E-state index is 13.6. The van der Waals surface area contributed by atoms with Crippen LogP contribution < -0.4 is 10.5 Å². The SMILES string of the molecule is CCOC(=O)C1CCN(c2nc3ccccn3c(=O)c2C=C2SC(=S)N(C3CCCC3)C2=O)CC1. The first-order valence-electron chi connectivity index (χ1n) is 12.2. The summed E-state index contributed by atoms with van der Waals surface area (Å²) in [5.41, 5.74) is 0.676. The van der Waals surface area contributed by atoms with E-state index >= 15 is 0 Å². The van der Waals surface area contributed by atoms with E-state index in [1.165, 1.54) is 16.2 Å². The van der Waals surface area contributed by atoms with E-state index in [0.29, 0.717) is 58.8 Å². The molecule has 184 valence electrons. The summed E-state index contributed by atoms with van der Waals surface area (Å²) in [5.74, 6) is 0.0828. The first-order valence-corrected chi connectivity index (χ1v) is 13.4. The molecule has 8 nitrogen and oxygen atoms in total. The lowest BCUT2D eigenvalue weighted by atomic mass is 9.96. The Bertz CT molecular complexity index is 1260. The normalized spacial score (nSPS) is 21.0. The summed E-state index contributed by atoms with van der Waals surface area (Å²) in [6.07, 6.45) is 8.71. The molecule has 35 heavy (non-hydrogen) atoms. The summed E-state index contributed by atoms with van der Waals surface area (Å²) >= 11 is 6.80. The molecule has 0 unspecified atom stereocenters. The van der Waals surface area contributed by atoms with E-state index in [2.05, 4.69) is 0 Å². The van der Waals surface area contributed by atoms with Crippen molar-refractivity contribution in [2.75, 3.05) is 24.6 Å². The number of carbonyl (C=O) groups is 2. The Balaban J connectivity index is 1.51. The number of carbonyl (C=O) groups excluding carboxylic acids is 2. The van der Waals surface area contributed by atoms with Crippen LogP contribution in [0.3, 0.4) is 0 Å². The van der Waals surface area contributed by atoms with E-state index in [-0.39, 0.29) is 29.4 Å². The van der Waals surface area contributed by atoms with Crippen LogP contribution in [0, 0.1) is 5.92 Å². The third kappa shape index (κ3) is 4.61. The van der Waals surface area contributed by atoms with Crippen LogP contribution in [0.15, 0.2) is 34.1 Å². The Labute approximate surface area is 213 Å². The minimum atomic E-state index is -0.232. The van der Waals surface area contributed by atoms with E-state index in [1.54, 1.807) is 36.2 Å². The highest BCUT2D eigenvalue weighted by molar-refractivity contribution is 8.26. The molecule has 1 amide bonds.